The molecule has 0 fully saturated rings. The number of sulfonamides is 1. The number of anilines is 1. The summed E-state index contributed by atoms with van der Waals surface area (Å²) in [6, 6.07) is 23.3. The second-order valence-electron chi connectivity index (χ2n) is 8.23. The molecule has 3 aromatic carbocycles. The van der Waals surface area contributed by atoms with Crippen molar-refractivity contribution in [3.05, 3.63) is 90.0 Å². The van der Waals surface area contributed by atoms with E-state index in [4.69, 9.17) is 9.47 Å². The minimum Gasteiger partial charge on any atom is -0.486 e. The lowest BCUT2D eigenvalue weighted by atomic mass is 10.1. The zero-order valence-electron chi connectivity index (χ0n) is 19.3. The molecular formula is C26H28N2O5S. The van der Waals surface area contributed by atoms with Gasteiger partial charge >= 0.3 is 0 Å². The largest absolute Gasteiger partial charge is 0.486 e. The molecule has 0 unspecified atom stereocenters. The Morgan fingerprint density at radius 3 is 1.91 bits per heavy atom. The highest BCUT2D eigenvalue weighted by Gasteiger charge is 2.33. The molecule has 0 spiro atoms. The highest BCUT2D eigenvalue weighted by molar-refractivity contribution is 7.92. The van der Waals surface area contributed by atoms with E-state index >= 15 is 0 Å². The fourth-order valence-electron chi connectivity index (χ4n) is 4.06. The van der Waals surface area contributed by atoms with Gasteiger partial charge in [0.25, 0.3) is 0 Å². The monoisotopic (exact) mass is 480 g/mol. The predicted octanol–water partition coefficient (Wildman–Crippen LogP) is 3.84. The summed E-state index contributed by atoms with van der Waals surface area (Å²) in [6.07, 6.45) is 1.10. The van der Waals surface area contributed by atoms with E-state index in [1.165, 1.54) is 0 Å². The maximum absolute atomic E-state index is 13.8. The maximum Gasteiger partial charge on any atom is 0.246 e. The number of rotatable bonds is 8. The van der Waals surface area contributed by atoms with Gasteiger partial charge in [0, 0.05) is 19.2 Å². The first kappa shape index (κ1) is 23.6. The Kier molecular flexibility index (Phi) is 7.07. The molecule has 0 saturated carbocycles. The van der Waals surface area contributed by atoms with E-state index in [-0.39, 0.29) is 5.91 Å². The van der Waals surface area contributed by atoms with E-state index in [1.807, 2.05) is 60.7 Å². The zero-order valence-corrected chi connectivity index (χ0v) is 20.1. The molecule has 0 saturated heterocycles. The number of carbonyl (C=O) groups excluding carboxylic acids is 1. The van der Waals surface area contributed by atoms with E-state index < -0.39 is 16.1 Å². The van der Waals surface area contributed by atoms with Crippen molar-refractivity contribution in [1.29, 1.82) is 0 Å². The van der Waals surface area contributed by atoms with E-state index in [0.717, 1.165) is 21.7 Å². The summed E-state index contributed by atoms with van der Waals surface area (Å²) in [5.74, 6) is 0.715. The number of nitrogens with zero attached hydrogens (tertiary/aromatic N) is 2. The van der Waals surface area contributed by atoms with E-state index in [2.05, 4.69) is 0 Å². The normalized spacial score (nSPS) is 13.7. The first-order chi connectivity index (χ1) is 16.3. The van der Waals surface area contributed by atoms with Crippen LogP contribution in [0, 0.1) is 0 Å². The van der Waals surface area contributed by atoms with E-state index in [0.29, 0.717) is 43.5 Å². The number of hydrogen-bond acceptors (Lipinski definition) is 5. The summed E-state index contributed by atoms with van der Waals surface area (Å²) in [6.45, 7) is 3.15. The van der Waals surface area contributed by atoms with Crippen molar-refractivity contribution in [2.75, 3.05) is 23.8 Å². The van der Waals surface area contributed by atoms with Crippen molar-refractivity contribution < 1.29 is 22.7 Å². The van der Waals surface area contributed by atoms with Gasteiger partial charge in [-0.3, -0.25) is 9.10 Å². The quantitative estimate of drug-likeness (QED) is 0.490. The first-order valence-electron chi connectivity index (χ1n) is 11.1. The van der Waals surface area contributed by atoms with Crippen LogP contribution in [0.5, 0.6) is 11.5 Å². The zero-order chi connectivity index (χ0) is 24.1. The standard InChI is InChI=1S/C26H28N2O5S/c1-20(28(34(2,30)31)23-13-14-24-25(17-23)33-16-15-32-24)26(29)27(18-21-9-5-3-6-10-21)19-22-11-7-4-8-12-22/h3-14,17,20H,15-16,18-19H2,1-2H3/t20-/m0/s1. The SMILES string of the molecule is C[C@@H](C(=O)N(Cc1ccccc1)Cc1ccccc1)N(c1ccc2c(c1)OCCO2)S(C)(=O)=O. The fourth-order valence-corrected chi connectivity index (χ4v) is 5.22. The molecular weight excluding hydrogens is 452 g/mol. The number of benzene rings is 3. The molecule has 4 rings (SSSR count). The summed E-state index contributed by atoms with van der Waals surface area (Å²) in [5, 5.41) is 0. The molecule has 1 aliphatic rings. The lowest BCUT2D eigenvalue weighted by Gasteiger charge is -2.33. The number of fused-ring (bicyclic) bond motifs is 1. The maximum atomic E-state index is 13.8. The van der Waals surface area contributed by atoms with Gasteiger partial charge in [0.15, 0.2) is 11.5 Å². The molecule has 1 heterocycles. The Hall–Kier alpha value is -3.52. The van der Waals surface area contributed by atoms with Gasteiger partial charge in [-0.05, 0) is 30.2 Å². The van der Waals surface area contributed by atoms with Crippen molar-refractivity contribution >= 4 is 21.6 Å². The Morgan fingerprint density at radius 1 is 0.853 bits per heavy atom. The molecule has 34 heavy (non-hydrogen) atoms. The molecule has 0 aliphatic carbocycles. The molecule has 1 amide bonds. The molecule has 0 N–H and O–H groups in total. The number of carbonyl (C=O) groups is 1. The van der Waals surface area contributed by atoms with Crippen LogP contribution in [0.1, 0.15) is 18.1 Å². The Labute approximate surface area is 200 Å². The highest BCUT2D eigenvalue weighted by atomic mass is 32.2. The van der Waals surface area contributed by atoms with Crippen LogP contribution in [0.4, 0.5) is 5.69 Å². The van der Waals surface area contributed by atoms with Gasteiger partial charge in [-0.25, -0.2) is 8.42 Å². The van der Waals surface area contributed by atoms with Crippen LogP contribution >= 0.6 is 0 Å². The molecule has 3 aromatic rings. The molecule has 1 atom stereocenters. The number of ether oxygens (including phenoxy) is 2. The third-order valence-electron chi connectivity index (χ3n) is 5.59. The van der Waals surface area contributed by atoms with Crippen LogP contribution in [-0.4, -0.2) is 44.7 Å². The molecule has 1 aliphatic heterocycles. The second kappa shape index (κ2) is 10.2. The number of hydrogen-bond donors (Lipinski definition) is 0. The Bertz CT molecular complexity index is 1190. The van der Waals surface area contributed by atoms with Crippen LogP contribution in [-0.2, 0) is 27.9 Å². The molecule has 8 heteroatoms. The number of amides is 1. The van der Waals surface area contributed by atoms with Crippen LogP contribution in [0.15, 0.2) is 78.9 Å². The van der Waals surface area contributed by atoms with Gasteiger partial charge in [0.1, 0.15) is 19.3 Å². The Balaban J connectivity index is 1.66. The van der Waals surface area contributed by atoms with Crippen molar-refractivity contribution in [3.8, 4) is 11.5 Å². The lowest BCUT2D eigenvalue weighted by Crippen LogP contribution is -2.49. The molecule has 0 bridgehead atoms. The van der Waals surface area contributed by atoms with Crippen molar-refractivity contribution in [3.63, 3.8) is 0 Å². The minimum absolute atomic E-state index is 0.298. The van der Waals surface area contributed by atoms with Gasteiger partial charge < -0.3 is 14.4 Å². The van der Waals surface area contributed by atoms with Gasteiger partial charge in [0.2, 0.25) is 15.9 Å². The van der Waals surface area contributed by atoms with Crippen molar-refractivity contribution in [2.24, 2.45) is 0 Å². The highest BCUT2D eigenvalue weighted by Crippen LogP contribution is 2.35. The molecule has 7 nitrogen and oxygen atoms in total. The molecule has 178 valence electrons. The van der Waals surface area contributed by atoms with Gasteiger partial charge in [0.05, 0.1) is 11.9 Å². The molecule has 0 aromatic heterocycles. The van der Waals surface area contributed by atoms with E-state index in [9.17, 15) is 13.2 Å². The average molecular weight is 481 g/mol. The summed E-state index contributed by atoms with van der Waals surface area (Å²) in [5.41, 5.74) is 2.28. The van der Waals surface area contributed by atoms with Crippen LogP contribution in [0.25, 0.3) is 0 Å². The summed E-state index contributed by atoms with van der Waals surface area (Å²) >= 11 is 0. The Morgan fingerprint density at radius 2 is 1.38 bits per heavy atom. The first-order valence-corrected chi connectivity index (χ1v) is 12.9. The third-order valence-corrected chi connectivity index (χ3v) is 6.83. The van der Waals surface area contributed by atoms with Crippen molar-refractivity contribution in [1.82, 2.24) is 4.90 Å². The fraction of sp³-hybridized carbons (Fsp3) is 0.269. The smallest absolute Gasteiger partial charge is 0.246 e. The topological polar surface area (TPSA) is 76.2 Å². The van der Waals surface area contributed by atoms with Crippen LogP contribution in [0.3, 0.4) is 0 Å². The van der Waals surface area contributed by atoms with Crippen molar-refractivity contribution in [2.45, 2.75) is 26.1 Å². The van der Waals surface area contributed by atoms with Gasteiger partial charge in [-0.2, -0.15) is 0 Å². The minimum atomic E-state index is -3.78. The molecule has 0 radical (unpaired) electrons. The summed E-state index contributed by atoms with van der Waals surface area (Å²) in [4.78, 5) is 15.5. The third kappa shape index (κ3) is 5.51. The second-order valence-corrected chi connectivity index (χ2v) is 10.1. The van der Waals surface area contributed by atoms with Gasteiger partial charge in [-0.1, -0.05) is 60.7 Å². The summed E-state index contributed by atoms with van der Waals surface area (Å²) in [7, 11) is -3.78. The van der Waals surface area contributed by atoms with Gasteiger partial charge in [-0.15, -0.1) is 0 Å². The summed E-state index contributed by atoms with van der Waals surface area (Å²) < 4.78 is 38.1. The van der Waals surface area contributed by atoms with Crippen LogP contribution in [0.2, 0.25) is 0 Å². The predicted molar refractivity (Wildman–Crippen MR) is 131 cm³/mol. The van der Waals surface area contributed by atoms with Crippen LogP contribution < -0.4 is 13.8 Å². The van der Waals surface area contributed by atoms with E-state index in [1.54, 1.807) is 30.0 Å². The average Bonchev–Trinajstić information content (AvgIpc) is 2.83. The lowest BCUT2D eigenvalue weighted by molar-refractivity contribution is -0.133.